The second-order valence-corrected chi connectivity index (χ2v) is 9.02. The molecule has 0 unspecified atom stereocenters. The molecule has 4 heteroatoms. The van der Waals surface area contributed by atoms with Gasteiger partial charge in [-0.05, 0) is 79.8 Å². The van der Waals surface area contributed by atoms with E-state index in [0.717, 1.165) is 51.7 Å². The van der Waals surface area contributed by atoms with E-state index >= 15 is 0 Å². The van der Waals surface area contributed by atoms with E-state index in [9.17, 15) is 4.79 Å². The number of benzene rings is 1. The van der Waals surface area contributed by atoms with Crippen molar-refractivity contribution in [1.29, 1.82) is 0 Å². The van der Waals surface area contributed by atoms with Gasteiger partial charge in [-0.3, -0.25) is 4.79 Å². The fourth-order valence-electron chi connectivity index (χ4n) is 4.03. The maximum atomic E-state index is 12.4. The van der Waals surface area contributed by atoms with Crippen molar-refractivity contribution in [1.82, 2.24) is 9.21 Å². The lowest BCUT2D eigenvalue weighted by Gasteiger charge is -2.31. The summed E-state index contributed by atoms with van der Waals surface area (Å²) in [6.45, 7) is 7.19. The molecule has 0 radical (unpaired) electrons. The van der Waals surface area contributed by atoms with Gasteiger partial charge in [0.2, 0.25) is 5.91 Å². The van der Waals surface area contributed by atoms with Crippen LogP contribution in [-0.4, -0.2) is 34.2 Å². The molecule has 3 nitrogen and oxygen atoms in total. The predicted octanol–water partition coefficient (Wildman–Crippen LogP) is 4.98. The van der Waals surface area contributed by atoms with Crippen molar-refractivity contribution in [3.63, 3.8) is 0 Å². The van der Waals surface area contributed by atoms with Crippen molar-refractivity contribution in [2.24, 2.45) is 5.92 Å². The first-order chi connectivity index (χ1) is 13.2. The van der Waals surface area contributed by atoms with Crippen molar-refractivity contribution in [3.05, 3.63) is 53.1 Å². The number of likely N-dealkylation sites (N-methyl/N-ethyl adjacent to an activating group) is 1. The topological polar surface area (TPSA) is 23.6 Å². The minimum Gasteiger partial charge on any atom is -0.338 e. The summed E-state index contributed by atoms with van der Waals surface area (Å²) in [4.78, 5) is 15.8. The van der Waals surface area contributed by atoms with Gasteiger partial charge < -0.3 is 4.90 Å². The monoisotopic (exact) mass is 382 g/mol. The first-order valence-electron chi connectivity index (χ1n) is 10.4. The Balaban J connectivity index is 1.46. The van der Waals surface area contributed by atoms with Crippen LogP contribution in [0.25, 0.3) is 0 Å². The first-order valence-corrected chi connectivity index (χ1v) is 11.1. The second kappa shape index (κ2) is 8.24. The zero-order valence-electron chi connectivity index (χ0n) is 16.5. The fraction of sp³-hybridized carbons (Fsp3) is 0.522. The molecule has 1 aliphatic heterocycles. The summed E-state index contributed by atoms with van der Waals surface area (Å²) >= 11 is 1.85. The van der Waals surface area contributed by atoms with Crippen molar-refractivity contribution in [2.75, 3.05) is 13.1 Å². The molecule has 1 saturated carbocycles. The molecule has 1 heterocycles. The van der Waals surface area contributed by atoms with Crippen LogP contribution >= 0.6 is 11.9 Å². The normalized spacial score (nSPS) is 20.4. The molecule has 1 fully saturated rings. The molecular formula is C23H30N2OS. The van der Waals surface area contributed by atoms with Gasteiger partial charge in [0.15, 0.2) is 0 Å². The minimum absolute atomic E-state index is 0.317. The van der Waals surface area contributed by atoms with E-state index in [-0.39, 0.29) is 0 Å². The van der Waals surface area contributed by atoms with E-state index in [4.69, 9.17) is 0 Å². The highest BCUT2D eigenvalue weighted by molar-refractivity contribution is 7.97. The van der Waals surface area contributed by atoms with Crippen LogP contribution in [0.1, 0.15) is 50.7 Å². The van der Waals surface area contributed by atoms with E-state index in [0.29, 0.717) is 17.9 Å². The van der Waals surface area contributed by atoms with Gasteiger partial charge in [-0.2, -0.15) is 0 Å². The molecule has 144 valence electrons. The van der Waals surface area contributed by atoms with E-state index in [1.54, 1.807) is 0 Å². The smallest absolute Gasteiger partial charge is 0.225 e. The second-order valence-electron chi connectivity index (χ2n) is 7.90. The molecule has 0 spiro atoms. The number of hydrogen-bond acceptors (Lipinski definition) is 3. The molecule has 1 aromatic carbocycles. The summed E-state index contributed by atoms with van der Waals surface area (Å²) < 4.78 is 2.46. The lowest BCUT2D eigenvalue weighted by Crippen LogP contribution is -2.36. The molecule has 0 saturated heterocycles. The van der Waals surface area contributed by atoms with Crippen LogP contribution < -0.4 is 0 Å². The predicted molar refractivity (Wildman–Crippen MR) is 112 cm³/mol. The fourth-order valence-corrected chi connectivity index (χ4v) is 5.03. The lowest BCUT2D eigenvalue weighted by molar-refractivity contribution is -0.133. The molecule has 2 aliphatic carbocycles. The van der Waals surface area contributed by atoms with Crippen molar-refractivity contribution in [2.45, 2.75) is 63.4 Å². The third-order valence-electron chi connectivity index (χ3n) is 5.90. The molecule has 3 aliphatic rings. The van der Waals surface area contributed by atoms with Gasteiger partial charge in [-0.15, -0.1) is 0 Å². The van der Waals surface area contributed by atoms with Gasteiger partial charge in [0.25, 0.3) is 0 Å². The van der Waals surface area contributed by atoms with Crippen LogP contribution in [0.4, 0.5) is 0 Å². The number of nitrogens with zero attached hydrogens (tertiary/aromatic N) is 2. The zero-order chi connectivity index (χ0) is 18.8. The quantitative estimate of drug-likeness (QED) is 0.649. The van der Waals surface area contributed by atoms with Crippen LogP contribution in [0.5, 0.6) is 0 Å². The highest BCUT2D eigenvalue weighted by Crippen LogP contribution is 2.34. The van der Waals surface area contributed by atoms with E-state index < -0.39 is 0 Å². The maximum absolute atomic E-state index is 12.4. The summed E-state index contributed by atoms with van der Waals surface area (Å²) in [5.74, 6) is 0.691. The molecule has 0 N–H and O–H groups in total. The maximum Gasteiger partial charge on any atom is 0.225 e. The van der Waals surface area contributed by atoms with Gasteiger partial charge in [0, 0.05) is 36.5 Å². The van der Waals surface area contributed by atoms with Gasteiger partial charge >= 0.3 is 0 Å². The Hall–Kier alpha value is -1.52. The Morgan fingerprint density at radius 3 is 2.85 bits per heavy atom. The Bertz CT molecular complexity index is 766. The van der Waals surface area contributed by atoms with E-state index in [2.05, 4.69) is 59.5 Å². The van der Waals surface area contributed by atoms with Crippen LogP contribution in [0.15, 0.2) is 46.9 Å². The number of carbonyl (C=O) groups excluding carboxylic acids is 1. The Morgan fingerprint density at radius 2 is 2.15 bits per heavy atom. The number of carbonyl (C=O) groups is 1. The summed E-state index contributed by atoms with van der Waals surface area (Å²) in [7, 11) is 0. The minimum atomic E-state index is 0.317. The molecule has 0 aromatic heterocycles. The highest BCUT2D eigenvalue weighted by Gasteiger charge is 2.34. The largest absolute Gasteiger partial charge is 0.338 e. The van der Waals surface area contributed by atoms with Crippen LogP contribution in [0.3, 0.4) is 0 Å². The molecule has 1 aromatic rings. The van der Waals surface area contributed by atoms with Gasteiger partial charge in [-0.1, -0.05) is 31.2 Å². The van der Waals surface area contributed by atoms with Gasteiger partial charge in [0.1, 0.15) is 0 Å². The van der Waals surface area contributed by atoms with E-state index in [1.165, 1.54) is 21.6 Å². The Kier molecular flexibility index (Phi) is 5.74. The summed E-state index contributed by atoms with van der Waals surface area (Å²) in [6.07, 6.45) is 12.4. The average molecular weight is 383 g/mol. The molecular weight excluding hydrogens is 352 g/mol. The van der Waals surface area contributed by atoms with Gasteiger partial charge in [-0.25, -0.2) is 4.31 Å². The lowest BCUT2D eigenvalue weighted by atomic mass is 9.99. The number of hydrogen-bond donors (Lipinski definition) is 0. The third-order valence-corrected chi connectivity index (χ3v) is 7.17. The van der Waals surface area contributed by atoms with Crippen molar-refractivity contribution in [3.8, 4) is 0 Å². The summed E-state index contributed by atoms with van der Waals surface area (Å²) in [6, 6.07) is 7.24. The van der Waals surface area contributed by atoms with Crippen molar-refractivity contribution >= 4 is 17.9 Å². The number of fused-ring (bicyclic) bond motifs is 1. The molecule has 0 bridgehead atoms. The third kappa shape index (κ3) is 4.33. The number of amides is 1. The Morgan fingerprint density at radius 1 is 1.30 bits per heavy atom. The Labute approximate surface area is 167 Å². The standard InChI is InChI=1S/C23H30N2OS/c1-3-25(17(2)18-7-5-4-6-8-18)27-22-12-11-19-13-14-24(16-21(19)15-22)23(26)20-9-10-20/h5,7-8,11-12,15,17,20H,3-4,6,9-10,13-14,16H2,1-2H3/t17-/m0/s1. The highest BCUT2D eigenvalue weighted by atomic mass is 32.2. The summed E-state index contributed by atoms with van der Waals surface area (Å²) in [5.41, 5.74) is 4.17. The zero-order valence-corrected chi connectivity index (χ0v) is 17.3. The van der Waals surface area contributed by atoms with Gasteiger partial charge in [0.05, 0.1) is 0 Å². The van der Waals surface area contributed by atoms with Crippen LogP contribution in [-0.2, 0) is 17.8 Å². The molecule has 27 heavy (non-hydrogen) atoms. The molecule has 1 amide bonds. The molecule has 1 atom stereocenters. The summed E-state index contributed by atoms with van der Waals surface area (Å²) in [5, 5.41) is 0. The van der Waals surface area contributed by atoms with E-state index in [1.807, 2.05) is 11.9 Å². The van der Waals surface area contributed by atoms with Crippen molar-refractivity contribution < 1.29 is 4.79 Å². The number of rotatable bonds is 6. The molecule has 4 rings (SSSR count). The van der Waals surface area contributed by atoms with Crippen LogP contribution in [0, 0.1) is 5.92 Å². The average Bonchev–Trinajstić information content (AvgIpc) is 3.56. The number of allylic oxidation sites excluding steroid dienone is 2. The SMILES string of the molecule is CCN(Sc1ccc2c(c1)CN(C(=O)C1CC1)CC2)[C@@H](C)C1=CCCC=C1. The first kappa shape index (κ1) is 18.8. The van der Waals surface area contributed by atoms with Crippen LogP contribution in [0.2, 0.25) is 0 Å².